The standard InChI is InChI=1S/C20H19FN4O4S/c21-15-7-12(5-6-14(15)16-8-24-20(22)9-23-16)13-3-1-2-4-19(13)30(28,29)25-10-17(26)18(27)11-25/h1-9,17-18,26-27H,10-11H2,(H2,22,24)/t17-,18-/m1/s1. The van der Waals surface area contributed by atoms with Crippen LogP contribution in [0.2, 0.25) is 0 Å². The van der Waals surface area contributed by atoms with Gasteiger partial charge < -0.3 is 15.9 Å². The summed E-state index contributed by atoms with van der Waals surface area (Å²) in [4.78, 5) is 7.92. The Balaban J connectivity index is 1.74. The lowest BCUT2D eigenvalue weighted by atomic mass is 10.0. The average Bonchev–Trinajstić information content (AvgIpc) is 3.08. The van der Waals surface area contributed by atoms with Crippen molar-refractivity contribution >= 4 is 15.8 Å². The first-order valence-electron chi connectivity index (χ1n) is 9.10. The Bertz CT molecular complexity index is 1180. The number of aliphatic hydroxyl groups excluding tert-OH is 2. The van der Waals surface area contributed by atoms with Gasteiger partial charge in [-0.2, -0.15) is 4.31 Å². The molecule has 2 aromatic carbocycles. The molecule has 0 bridgehead atoms. The van der Waals surface area contributed by atoms with Gasteiger partial charge in [-0.05, 0) is 23.8 Å². The van der Waals surface area contributed by atoms with Gasteiger partial charge in [-0.1, -0.05) is 24.3 Å². The molecule has 0 aliphatic carbocycles. The van der Waals surface area contributed by atoms with Gasteiger partial charge in [0.05, 0.1) is 35.2 Å². The summed E-state index contributed by atoms with van der Waals surface area (Å²) in [6.45, 7) is -0.415. The van der Waals surface area contributed by atoms with Crippen LogP contribution in [0.25, 0.3) is 22.4 Å². The number of sulfonamides is 1. The van der Waals surface area contributed by atoms with E-state index in [0.717, 1.165) is 4.31 Å². The lowest BCUT2D eigenvalue weighted by Crippen LogP contribution is -2.30. The van der Waals surface area contributed by atoms with Crippen LogP contribution in [-0.4, -0.2) is 58.2 Å². The number of hydrogen-bond acceptors (Lipinski definition) is 7. The topological polar surface area (TPSA) is 130 Å². The van der Waals surface area contributed by atoms with Crippen LogP contribution in [-0.2, 0) is 10.0 Å². The van der Waals surface area contributed by atoms with Crippen molar-refractivity contribution in [2.45, 2.75) is 17.1 Å². The molecular formula is C20H19FN4O4S. The Morgan fingerprint density at radius 3 is 2.33 bits per heavy atom. The number of hydrogen-bond donors (Lipinski definition) is 3. The zero-order valence-corrected chi connectivity index (χ0v) is 16.5. The first-order valence-corrected chi connectivity index (χ1v) is 10.5. The Morgan fingerprint density at radius 1 is 1.00 bits per heavy atom. The maximum absolute atomic E-state index is 14.8. The normalized spacial score (nSPS) is 19.8. The number of rotatable bonds is 4. The lowest BCUT2D eigenvalue weighted by molar-refractivity contribution is 0.0572. The third-order valence-corrected chi connectivity index (χ3v) is 6.85. The van der Waals surface area contributed by atoms with E-state index in [1.165, 1.54) is 30.6 Å². The third-order valence-electron chi connectivity index (χ3n) is 4.96. The van der Waals surface area contributed by atoms with Crippen LogP contribution in [0.4, 0.5) is 10.2 Å². The molecule has 0 saturated carbocycles. The van der Waals surface area contributed by atoms with Crippen molar-refractivity contribution in [3.8, 4) is 22.4 Å². The smallest absolute Gasteiger partial charge is 0.243 e. The van der Waals surface area contributed by atoms with Crippen LogP contribution in [0.5, 0.6) is 0 Å². The molecule has 1 aromatic heterocycles. The zero-order chi connectivity index (χ0) is 21.5. The molecule has 0 amide bonds. The summed E-state index contributed by atoms with van der Waals surface area (Å²) in [5.41, 5.74) is 6.68. The van der Waals surface area contributed by atoms with E-state index in [9.17, 15) is 23.0 Å². The molecule has 10 heteroatoms. The van der Waals surface area contributed by atoms with Crippen LogP contribution in [0, 0.1) is 5.82 Å². The summed E-state index contributed by atoms with van der Waals surface area (Å²) < 4.78 is 42.1. The third kappa shape index (κ3) is 3.65. The van der Waals surface area contributed by atoms with E-state index in [1.807, 2.05) is 0 Å². The summed E-state index contributed by atoms with van der Waals surface area (Å²) in [6.07, 6.45) is 0.383. The van der Waals surface area contributed by atoms with Gasteiger partial charge in [-0.25, -0.2) is 17.8 Å². The largest absolute Gasteiger partial charge is 0.389 e. The lowest BCUT2D eigenvalue weighted by Gasteiger charge is -2.18. The van der Waals surface area contributed by atoms with Gasteiger partial charge in [0.15, 0.2) is 0 Å². The van der Waals surface area contributed by atoms with Gasteiger partial charge in [0, 0.05) is 24.2 Å². The molecule has 1 aliphatic rings. The van der Waals surface area contributed by atoms with Crippen molar-refractivity contribution < 1.29 is 23.0 Å². The first-order chi connectivity index (χ1) is 14.3. The van der Waals surface area contributed by atoms with E-state index >= 15 is 0 Å². The summed E-state index contributed by atoms with van der Waals surface area (Å²) >= 11 is 0. The van der Waals surface area contributed by atoms with Crippen molar-refractivity contribution in [3.63, 3.8) is 0 Å². The van der Waals surface area contributed by atoms with Gasteiger partial charge >= 0.3 is 0 Å². The maximum Gasteiger partial charge on any atom is 0.243 e. The number of nitrogens with two attached hydrogens (primary N) is 1. The molecule has 0 unspecified atom stereocenters. The van der Waals surface area contributed by atoms with Crippen LogP contribution < -0.4 is 5.73 Å². The van der Waals surface area contributed by atoms with Gasteiger partial charge in [-0.3, -0.25) is 4.98 Å². The Morgan fingerprint density at radius 2 is 1.70 bits per heavy atom. The van der Waals surface area contributed by atoms with Crippen LogP contribution >= 0.6 is 0 Å². The van der Waals surface area contributed by atoms with Crippen LogP contribution in [0.3, 0.4) is 0 Å². The Kier molecular flexibility index (Phi) is 5.24. The number of anilines is 1. The SMILES string of the molecule is Nc1cnc(-c2ccc(-c3ccccc3S(=O)(=O)N3C[C@@H](O)[C@H](O)C3)cc2F)cn1. The maximum atomic E-state index is 14.8. The fourth-order valence-corrected chi connectivity index (χ4v) is 5.06. The zero-order valence-electron chi connectivity index (χ0n) is 15.7. The van der Waals surface area contributed by atoms with E-state index in [0.29, 0.717) is 16.8 Å². The molecule has 0 radical (unpaired) electrons. The molecule has 0 spiro atoms. The molecule has 2 atom stereocenters. The summed E-state index contributed by atoms with van der Waals surface area (Å²) in [5.74, 6) is -0.377. The molecule has 156 valence electrons. The highest BCUT2D eigenvalue weighted by atomic mass is 32.2. The molecule has 1 aliphatic heterocycles. The molecule has 4 rings (SSSR count). The van der Waals surface area contributed by atoms with E-state index in [-0.39, 0.29) is 29.4 Å². The number of halogens is 1. The van der Waals surface area contributed by atoms with Gasteiger partial charge in [0.1, 0.15) is 11.6 Å². The predicted molar refractivity (Wildman–Crippen MR) is 108 cm³/mol. The summed E-state index contributed by atoms with van der Waals surface area (Å²) in [5, 5.41) is 19.5. The van der Waals surface area contributed by atoms with Crippen molar-refractivity contribution in [2.75, 3.05) is 18.8 Å². The van der Waals surface area contributed by atoms with Crippen molar-refractivity contribution in [1.82, 2.24) is 14.3 Å². The van der Waals surface area contributed by atoms with E-state index in [4.69, 9.17) is 5.73 Å². The minimum absolute atomic E-state index is 0.0364. The Labute approximate surface area is 172 Å². The number of β-amino-alcohol motifs (C(OH)–C–C–N with tert-alkyl or cyclic N) is 2. The second-order valence-electron chi connectivity index (χ2n) is 6.97. The van der Waals surface area contributed by atoms with Crippen molar-refractivity contribution in [1.29, 1.82) is 0 Å². The monoisotopic (exact) mass is 430 g/mol. The number of nitrogen functional groups attached to an aromatic ring is 1. The van der Waals surface area contributed by atoms with Crippen molar-refractivity contribution in [3.05, 3.63) is 60.7 Å². The minimum Gasteiger partial charge on any atom is -0.389 e. The predicted octanol–water partition coefficient (Wildman–Crippen LogP) is 1.26. The van der Waals surface area contributed by atoms with Gasteiger partial charge in [-0.15, -0.1) is 0 Å². The molecule has 3 aromatic rings. The van der Waals surface area contributed by atoms with Crippen molar-refractivity contribution in [2.24, 2.45) is 0 Å². The highest BCUT2D eigenvalue weighted by molar-refractivity contribution is 7.89. The Hall–Kier alpha value is -2.92. The molecule has 8 nitrogen and oxygen atoms in total. The van der Waals surface area contributed by atoms with Gasteiger partial charge in [0.25, 0.3) is 0 Å². The van der Waals surface area contributed by atoms with Crippen LogP contribution in [0.15, 0.2) is 59.8 Å². The minimum atomic E-state index is -4.01. The second kappa shape index (κ2) is 7.73. The number of benzene rings is 2. The number of nitrogens with zero attached hydrogens (tertiary/aromatic N) is 3. The van der Waals surface area contributed by atoms with E-state index in [2.05, 4.69) is 9.97 Å². The second-order valence-corrected chi connectivity index (χ2v) is 8.88. The number of aliphatic hydroxyl groups is 2. The van der Waals surface area contributed by atoms with E-state index in [1.54, 1.807) is 24.3 Å². The molecule has 4 N–H and O–H groups in total. The van der Waals surface area contributed by atoms with E-state index < -0.39 is 28.0 Å². The highest BCUT2D eigenvalue weighted by Gasteiger charge is 2.38. The molecule has 2 heterocycles. The quantitative estimate of drug-likeness (QED) is 0.568. The molecular weight excluding hydrogens is 411 g/mol. The average molecular weight is 430 g/mol. The van der Waals surface area contributed by atoms with Gasteiger partial charge in [0.2, 0.25) is 10.0 Å². The fourth-order valence-electron chi connectivity index (χ4n) is 3.37. The fraction of sp³-hybridized carbons (Fsp3) is 0.200. The number of aromatic nitrogens is 2. The summed E-state index contributed by atoms with van der Waals surface area (Å²) in [7, 11) is -4.01. The molecule has 1 saturated heterocycles. The first kappa shape index (κ1) is 20.4. The molecule has 1 fully saturated rings. The summed E-state index contributed by atoms with van der Waals surface area (Å²) in [6, 6.07) is 10.5. The molecule has 30 heavy (non-hydrogen) atoms. The van der Waals surface area contributed by atoms with Crippen LogP contribution in [0.1, 0.15) is 0 Å². The highest BCUT2D eigenvalue weighted by Crippen LogP contribution is 2.33.